The molecule has 0 spiro atoms. The zero-order chi connectivity index (χ0) is 23.4. The van der Waals surface area contributed by atoms with Crippen molar-refractivity contribution in [2.24, 2.45) is 0 Å². The number of fused-ring (bicyclic) bond motifs is 2. The first-order valence-corrected chi connectivity index (χ1v) is 11.2. The normalized spacial score (nSPS) is 11.7. The highest BCUT2D eigenvalue weighted by atomic mass is 35.7. The van der Waals surface area contributed by atoms with Gasteiger partial charge in [-0.25, -0.2) is 18.0 Å². The van der Waals surface area contributed by atoms with Crippen LogP contribution in [0.2, 0.25) is 0 Å². The molecule has 0 unspecified atom stereocenters. The van der Waals surface area contributed by atoms with Crippen molar-refractivity contribution in [2.45, 2.75) is 4.90 Å². The van der Waals surface area contributed by atoms with E-state index in [1.54, 1.807) is 12.1 Å². The van der Waals surface area contributed by atoms with Gasteiger partial charge in [0.15, 0.2) is 10.7 Å². The van der Waals surface area contributed by atoms with Crippen molar-refractivity contribution in [1.82, 2.24) is 0 Å². The Balaban J connectivity index is 2.25. The third-order valence-electron chi connectivity index (χ3n) is 4.91. The Kier molecular flexibility index (Phi) is 4.91. The van der Waals surface area contributed by atoms with Gasteiger partial charge in [0.2, 0.25) is 5.36 Å². The maximum absolute atomic E-state index is 12.3. The second-order valence-electron chi connectivity index (χ2n) is 6.90. The third kappa shape index (κ3) is 3.45. The molecule has 162 valence electrons. The summed E-state index contributed by atoms with van der Waals surface area (Å²) in [7, 11) is 1.26. The van der Waals surface area contributed by atoms with E-state index in [4.69, 9.17) is 26.2 Å². The van der Waals surface area contributed by atoms with E-state index in [-0.39, 0.29) is 44.5 Å². The quantitative estimate of drug-likeness (QED) is 0.197. The van der Waals surface area contributed by atoms with Crippen LogP contribution < -0.4 is 16.5 Å². The molecule has 1 aliphatic carbocycles. The number of aromatic carboxylic acids is 2. The number of hydrogen-bond acceptors (Lipinski definition) is 6. The SMILES string of the molecule is Nc1ccc2c(-c3ccc(C(=O)O)cc3C(=O)O)c3ccc(=[NH2+])c(S(=O)(=O)Cl)c-3oc2c1. The molecule has 0 bridgehead atoms. The summed E-state index contributed by atoms with van der Waals surface area (Å²) in [6, 6.07) is 11.0. The number of nitrogen functional groups attached to an aromatic ring is 1. The molecule has 0 atom stereocenters. The Hall–Kier alpha value is -3.89. The van der Waals surface area contributed by atoms with Gasteiger partial charge in [0.05, 0.1) is 11.1 Å². The van der Waals surface area contributed by atoms with Crippen molar-refractivity contribution in [3.63, 3.8) is 0 Å². The predicted molar refractivity (Wildman–Crippen MR) is 115 cm³/mol. The second kappa shape index (κ2) is 7.36. The molecular weight excluding hydrogens is 460 g/mol. The molecule has 0 aromatic heterocycles. The standard InChI is InChI=1S/C21H13ClN2O7S/c22-32(29,30)19-15(24)6-5-13-17(12-4-2-10(23)8-16(12)31-18(13)19)11-3-1-9(20(25)26)7-14(11)21(27)28/h1-8,24H,23H2,(H,25,26)(H,27,28)/p+1. The monoisotopic (exact) mass is 473 g/mol. The molecule has 9 nitrogen and oxygen atoms in total. The Morgan fingerprint density at radius 2 is 1.66 bits per heavy atom. The maximum Gasteiger partial charge on any atom is 0.336 e. The van der Waals surface area contributed by atoms with Crippen LogP contribution in [-0.2, 0) is 9.05 Å². The lowest BCUT2D eigenvalue weighted by atomic mass is 9.90. The van der Waals surface area contributed by atoms with Crippen LogP contribution in [-0.4, -0.2) is 30.6 Å². The zero-order valence-corrected chi connectivity index (χ0v) is 17.6. The van der Waals surface area contributed by atoms with Crippen molar-refractivity contribution in [1.29, 1.82) is 0 Å². The van der Waals surface area contributed by atoms with Gasteiger partial charge in [0.25, 0.3) is 9.05 Å². The number of rotatable bonds is 4. The third-order valence-corrected chi connectivity index (χ3v) is 6.28. The summed E-state index contributed by atoms with van der Waals surface area (Å²) in [6.07, 6.45) is 0. The van der Waals surface area contributed by atoms with Crippen molar-refractivity contribution < 1.29 is 38.0 Å². The minimum atomic E-state index is -4.35. The van der Waals surface area contributed by atoms with Crippen LogP contribution in [0.5, 0.6) is 0 Å². The lowest BCUT2D eigenvalue weighted by molar-refractivity contribution is -0.176. The smallest absolute Gasteiger partial charge is 0.336 e. The molecule has 32 heavy (non-hydrogen) atoms. The average molecular weight is 474 g/mol. The number of halogens is 1. The average Bonchev–Trinajstić information content (AvgIpc) is 2.70. The zero-order valence-electron chi connectivity index (χ0n) is 16.0. The molecule has 1 heterocycles. The van der Waals surface area contributed by atoms with E-state index in [9.17, 15) is 28.2 Å². The van der Waals surface area contributed by atoms with E-state index >= 15 is 0 Å². The van der Waals surface area contributed by atoms with Crippen LogP contribution in [0.3, 0.4) is 0 Å². The highest BCUT2D eigenvalue weighted by molar-refractivity contribution is 8.13. The van der Waals surface area contributed by atoms with Gasteiger partial charge < -0.3 is 20.4 Å². The summed E-state index contributed by atoms with van der Waals surface area (Å²) in [5.41, 5.74) is 6.43. The number of benzene rings is 3. The molecule has 0 fully saturated rings. The van der Waals surface area contributed by atoms with Gasteiger partial charge in [-0.15, -0.1) is 0 Å². The van der Waals surface area contributed by atoms with E-state index in [1.807, 2.05) is 0 Å². The first-order valence-electron chi connectivity index (χ1n) is 8.92. The van der Waals surface area contributed by atoms with Crippen LogP contribution in [0.25, 0.3) is 33.4 Å². The number of carbonyl (C=O) groups is 2. The number of carboxylic acid groups (broad SMARTS) is 2. The van der Waals surface area contributed by atoms with Crippen molar-refractivity contribution in [3.8, 4) is 22.5 Å². The molecule has 6 N–H and O–H groups in total. The fraction of sp³-hybridized carbons (Fsp3) is 0. The minimum absolute atomic E-state index is 0.140. The molecule has 0 amide bonds. The van der Waals surface area contributed by atoms with Gasteiger partial charge >= 0.3 is 11.9 Å². The van der Waals surface area contributed by atoms with Gasteiger partial charge in [-0.3, -0.25) is 5.41 Å². The molecule has 0 saturated heterocycles. The van der Waals surface area contributed by atoms with Crippen LogP contribution in [0.1, 0.15) is 20.7 Å². The van der Waals surface area contributed by atoms with Crippen LogP contribution >= 0.6 is 10.7 Å². The summed E-state index contributed by atoms with van der Waals surface area (Å²) in [4.78, 5) is 22.9. The summed E-state index contributed by atoms with van der Waals surface area (Å²) >= 11 is 0. The Morgan fingerprint density at radius 1 is 0.969 bits per heavy atom. The Morgan fingerprint density at radius 3 is 2.28 bits per heavy atom. The second-order valence-corrected chi connectivity index (χ2v) is 9.40. The first-order chi connectivity index (χ1) is 15.0. The number of hydrogen-bond donors (Lipinski definition) is 4. The lowest BCUT2D eigenvalue weighted by Gasteiger charge is -2.18. The summed E-state index contributed by atoms with van der Waals surface area (Å²) in [5, 5.41) is 25.2. The molecule has 2 aromatic rings. The molecule has 2 aliphatic rings. The summed E-state index contributed by atoms with van der Waals surface area (Å²) < 4.78 is 30.3. The van der Waals surface area contributed by atoms with E-state index in [0.29, 0.717) is 11.1 Å². The molecule has 0 saturated carbocycles. The Labute approximate surface area is 184 Å². The summed E-state index contributed by atoms with van der Waals surface area (Å²) in [6.45, 7) is 0. The highest BCUT2D eigenvalue weighted by Gasteiger charge is 2.30. The first kappa shape index (κ1) is 21.3. The predicted octanol–water partition coefficient (Wildman–Crippen LogP) is 1.77. The van der Waals surface area contributed by atoms with E-state index in [2.05, 4.69) is 0 Å². The molecule has 0 radical (unpaired) electrons. The van der Waals surface area contributed by atoms with Gasteiger partial charge in [0.1, 0.15) is 5.58 Å². The van der Waals surface area contributed by atoms with Crippen LogP contribution in [0.15, 0.2) is 57.8 Å². The van der Waals surface area contributed by atoms with Gasteiger partial charge in [-0.05, 0) is 35.9 Å². The van der Waals surface area contributed by atoms with Gasteiger partial charge in [-0.1, -0.05) is 6.07 Å². The number of carboxylic acids is 2. The molecule has 11 heteroatoms. The van der Waals surface area contributed by atoms with Crippen molar-refractivity contribution in [3.05, 3.63) is 65.0 Å². The van der Waals surface area contributed by atoms with Crippen molar-refractivity contribution >= 4 is 48.3 Å². The Bertz CT molecular complexity index is 1590. The molecular formula is C21H14ClN2O7S+. The van der Waals surface area contributed by atoms with Gasteiger partial charge in [-0.2, -0.15) is 0 Å². The maximum atomic E-state index is 12.3. The number of anilines is 1. The topological polar surface area (TPSA) is 173 Å². The van der Waals surface area contributed by atoms with E-state index < -0.39 is 25.9 Å². The lowest BCUT2D eigenvalue weighted by Crippen LogP contribution is -2.47. The summed E-state index contributed by atoms with van der Waals surface area (Å²) in [5.74, 6) is -2.86. The molecule has 2 aromatic carbocycles. The van der Waals surface area contributed by atoms with Crippen LogP contribution in [0.4, 0.5) is 5.69 Å². The largest absolute Gasteiger partial charge is 0.478 e. The van der Waals surface area contributed by atoms with E-state index in [1.165, 1.54) is 30.3 Å². The molecule has 4 rings (SSSR count). The fourth-order valence-electron chi connectivity index (χ4n) is 3.57. The van der Waals surface area contributed by atoms with E-state index in [0.717, 1.165) is 6.07 Å². The highest BCUT2D eigenvalue weighted by Crippen LogP contribution is 2.44. The minimum Gasteiger partial charge on any atom is -0.478 e. The van der Waals surface area contributed by atoms with Gasteiger partial charge in [0, 0.05) is 45.0 Å². The fourth-order valence-corrected chi connectivity index (χ4v) is 4.78. The van der Waals surface area contributed by atoms with Crippen LogP contribution in [0, 0.1) is 0 Å². The van der Waals surface area contributed by atoms with Crippen molar-refractivity contribution in [2.75, 3.05) is 5.73 Å². The molecule has 1 aliphatic heterocycles. The number of nitrogens with two attached hydrogens (primary N) is 2.